The van der Waals surface area contributed by atoms with E-state index in [1.54, 1.807) is 37.3 Å². The van der Waals surface area contributed by atoms with Crippen molar-refractivity contribution in [3.05, 3.63) is 65.2 Å². The summed E-state index contributed by atoms with van der Waals surface area (Å²) in [5.41, 5.74) is 1.45. The summed E-state index contributed by atoms with van der Waals surface area (Å²) in [4.78, 5) is 30.4. The van der Waals surface area contributed by atoms with Crippen molar-refractivity contribution in [1.29, 1.82) is 0 Å². The van der Waals surface area contributed by atoms with Crippen LogP contribution in [0.3, 0.4) is 0 Å². The highest BCUT2D eigenvalue weighted by atomic mass is 16.5. The lowest BCUT2D eigenvalue weighted by molar-refractivity contribution is -0.192. The molecular formula is C26H28N2O5. The standard InChI is InChI=1S/C26H28N2O5/c1-14(2)10-20-25(30)27-15(3)18-13-22(33-5)21(32-4)11-16(18)12-23(27)26(31)19-9-7-6-8-17(19)24(29)28(20)26/h6-9,11,13-14,20,23,31H,3,10,12H2,1-2,4-5H3/t20-,23+,26-/m1/s1. The summed E-state index contributed by atoms with van der Waals surface area (Å²) in [6.07, 6.45) is 0.777. The molecule has 0 saturated carbocycles. The summed E-state index contributed by atoms with van der Waals surface area (Å²) in [5, 5.41) is 12.3. The molecule has 0 radical (unpaired) electrons. The van der Waals surface area contributed by atoms with Gasteiger partial charge in [0.1, 0.15) is 6.04 Å². The van der Waals surface area contributed by atoms with Gasteiger partial charge in [0.25, 0.3) is 5.91 Å². The molecule has 0 aromatic heterocycles. The minimum atomic E-state index is -1.66. The summed E-state index contributed by atoms with van der Waals surface area (Å²) in [6.45, 7) is 8.26. The van der Waals surface area contributed by atoms with Crippen LogP contribution in [0.2, 0.25) is 0 Å². The fourth-order valence-electron chi connectivity index (χ4n) is 5.63. The molecule has 7 heteroatoms. The van der Waals surface area contributed by atoms with Gasteiger partial charge in [-0.05, 0) is 42.5 Å². The predicted octanol–water partition coefficient (Wildman–Crippen LogP) is 3.16. The van der Waals surface area contributed by atoms with Crippen LogP contribution in [0, 0.1) is 5.92 Å². The lowest BCUT2D eigenvalue weighted by atomic mass is 9.79. The molecule has 0 spiro atoms. The third kappa shape index (κ3) is 2.78. The Balaban J connectivity index is 1.73. The van der Waals surface area contributed by atoms with E-state index in [9.17, 15) is 14.7 Å². The lowest BCUT2D eigenvalue weighted by Gasteiger charge is -2.55. The molecule has 3 aliphatic heterocycles. The van der Waals surface area contributed by atoms with Gasteiger partial charge in [0, 0.05) is 22.4 Å². The van der Waals surface area contributed by atoms with Crippen molar-refractivity contribution in [2.24, 2.45) is 5.92 Å². The van der Waals surface area contributed by atoms with E-state index in [4.69, 9.17) is 9.47 Å². The van der Waals surface area contributed by atoms with Crippen LogP contribution in [-0.2, 0) is 16.9 Å². The molecule has 0 aliphatic carbocycles. The molecule has 1 saturated heterocycles. The Bertz CT molecular complexity index is 1190. The number of amides is 2. The Morgan fingerprint density at radius 2 is 1.79 bits per heavy atom. The molecule has 33 heavy (non-hydrogen) atoms. The van der Waals surface area contributed by atoms with E-state index in [0.717, 1.165) is 11.1 Å². The van der Waals surface area contributed by atoms with Crippen molar-refractivity contribution in [2.45, 2.75) is 44.5 Å². The number of methoxy groups -OCH3 is 2. The molecule has 1 N–H and O–H groups in total. The number of hydrogen-bond acceptors (Lipinski definition) is 5. The number of hydrogen-bond donors (Lipinski definition) is 1. The third-order valence-electron chi connectivity index (χ3n) is 7.07. The summed E-state index contributed by atoms with van der Waals surface area (Å²) in [5.74, 6) is 0.719. The normalized spacial score (nSPS) is 25.6. The maximum atomic E-state index is 13.9. The molecule has 5 rings (SSSR count). The van der Waals surface area contributed by atoms with Gasteiger partial charge in [-0.1, -0.05) is 38.6 Å². The summed E-state index contributed by atoms with van der Waals surface area (Å²) in [7, 11) is 3.13. The fraction of sp³-hybridized carbons (Fsp3) is 0.385. The van der Waals surface area contributed by atoms with Gasteiger partial charge in [0.2, 0.25) is 5.91 Å². The summed E-state index contributed by atoms with van der Waals surface area (Å²) in [6, 6.07) is 9.27. The molecule has 3 heterocycles. The van der Waals surface area contributed by atoms with Crippen LogP contribution >= 0.6 is 0 Å². The number of benzene rings is 2. The second-order valence-corrected chi connectivity index (χ2v) is 9.33. The number of piperazine rings is 1. The Hall–Kier alpha value is -3.32. The second-order valence-electron chi connectivity index (χ2n) is 9.33. The van der Waals surface area contributed by atoms with E-state index >= 15 is 0 Å². The minimum Gasteiger partial charge on any atom is -0.493 e. The second kappa shape index (κ2) is 7.35. The molecule has 2 aromatic rings. The van der Waals surface area contributed by atoms with Crippen molar-refractivity contribution in [3.63, 3.8) is 0 Å². The van der Waals surface area contributed by atoms with Gasteiger partial charge in [0.05, 0.1) is 20.3 Å². The molecule has 1 fully saturated rings. The fourth-order valence-corrected chi connectivity index (χ4v) is 5.63. The third-order valence-corrected chi connectivity index (χ3v) is 7.07. The lowest BCUT2D eigenvalue weighted by Crippen LogP contribution is -2.71. The van der Waals surface area contributed by atoms with Crippen LogP contribution in [0.5, 0.6) is 11.5 Å². The Morgan fingerprint density at radius 1 is 1.12 bits per heavy atom. The number of ether oxygens (including phenoxy) is 2. The Labute approximate surface area is 193 Å². The van der Waals surface area contributed by atoms with Crippen LogP contribution in [0.1, 0.15) is 47.3 Å². The predicted molar refractivity (Wildman–Crippen MR) is 123 cm³/mol. The number of carbonyl (C=O) groups is 2. The van der Waals surface area contributed by atoms with Gasteiger partial charge in [-0.15, -0.1) is 0 Å². The summed E-state index contributed by atoms with van der Waals surface area (Å²) < 4.78 is 10.9. The van der Waals surface area contributed by atoms with Gasteiger partial charge in [-0.2, -0.15) is 0 Å². The first-order valence-corrected chi connectivity index (χ1v) is 11.2. The van der Waals surface area contributed by atoms with Crippen molar-refractivity contribution in [1.82, 2.24) is 9.80 Å². The largest absolute Gasteiger partial charge is 0.493 e. The molecule has 0 unspecified atom stereocenters. The number of aliphatic hydroxyl groups is 1. The number of nitrogens with zero attached hydrogens (tertiary/aromatic N) is 2. The van der Waals surface area contributed by atoms with Gasteiger partial charge in [-0.3, -0.25) is 14.5 Å². The van der Waals surface area contributed by atoms with Crippen molar-refractivity contribution >= 4 is 17.5 Å². The van der Waals surface area contributed by atoms with Crippen molar-refractivity contribution in [3.8, 4) is 11.5 Å². The maximum Gasteiger partial charge on any atom is 0.257 e. The zero-order valence-corrected chi connectivity index (χ0v) is 19.3. The molecular weight excluding hydrogens is 420 g/mol. The van der Waals surface area contributed by atoms with Crippen LogP contribution in [0.15, 0.2) is 43.0 Å². The van der Waals surface area contributed by atoms with Crippen LogP contribution in [0.25, 0.3) is 5.70 Å². The van der Waals surface area contributed by atoms with E-state index < -0.39 is 17.8 Å². The molecule has 2 aromatic carbocycles. The molecule has 3 atom stereocenters. The van der Waals surface area contributed by atoms with Gasteiger partial charge >= 0.3 is 0 Å². The maximum absolute atomic E-state index is 13.9. The van der Waals surface area contributed by atoms with E-state index in [-0.39, 0.29) is 17.7 Å². The monoisotopic (exact) mass is 448 g/mol. The van der Waals surface area contributed by atoms with E-state index in [2.05, 4.69) is 6.58 Å². The highest BCUT2D eigenvalue weighted by Crippen LogP contribution is 2.52. The zero-order chi connectivity index (χ0) is 23.7. The first-order valence-electron chi connectivity index (χ1n) is 11.2. The van der Waals surface area contributed by atoms with Crippen LogP contribution in [0.4, 0.5) is 0 Å². The number of fused-ring (bicyclic) bond motifs is 6. The Morgan fingerprint density at radius 3 is 2.45 bits per heavy atom. The topological polar surface area (TPSA) is 79.3 Å². The van der Waals surface area contributed by atoms with E-state index in [0.29, 0.717) is 41.2 Å². The van der Waals surface area contributed by atoms with E-state index in [1.807, 2.05) is 32.0 Å². The van der Waals surface area contributed by atoms with Crippen LogP contribution < -0.4 is 9.47 Å². The molecule has 0 bridgehead atoms. The van der Waals surface area contributed by atoms with E-state index in [1.165, 1.54) is 4.90 Å². The molecule has 2 amide bonds. The SMILES string of the molecule is C=C1c2cc(OC)c(OC)cc2C[C@@H]2N1C(=O)[C@@H](CC(C)C)N1C(=O)c3ccccc3[C@@]21O. The summed E-state index contributed by atoms with van der Waals surface area (Å²) >= 11 is 0. The zero-order valence-electron chi connectivity index (χ0n) is 19.3. The van der Waals surface area contributed by atoms with Gasteiger partial charge in [0.15, 0.2) is 17.2 Å². The average molecular weight is 449 g/mol. The van der Waals surface area contributed by atoms with Crippen molar-refractivity contribution < 1.29 is 24.2 Å². The average Bonchev–Trinajstić information content (AvgIpc) is 3.03. The Kier molecular flexibility index (Phi) is 4.79. The molecule has 7 nitrogen and oxygen atoms in total. The van der Waals surface area contributed by atoms with Gasteiger partial charge < -0.3 is 19.5 Å². The highest BCUT2D eigenvalue weighted by Gasteiger charge is 2.64. The van der Waals surface area contributed by atoms with Gasteiger partial charge in [-0.25, -0.2) is 0 Å². The molecule has 3 aliphatic rings. The van der Waals surface area contributed by atoms with Crippen LogP contribution in [-0.4, -0.2) is 53.0 Å². The van der Waals surface area contributed by atoms with Crippen molar-refractivity contribution in [2.75, 3.05) is 14.2 Å². The highest BCUT2D eigenvalue weighted by molar-refractivity contribution is 6.05. The number of carbonyl (C=O) groups excluding carboxylic acids is 2. The molecule has 172 valence electrons. The smallest absolute Gasteiger partial charge is 0.257 e. The number of rotatable bonds is 4. The first-order chi connectivity index (χ1) is 15.7. The minimum absolute atomic E-state index is 0.144. The first kappa shape index (κ1) is 21.5. The quantitative estimate of drug-likeness (QED) is 0.777.